The number of thioether (sulfide) groups is 1. The first-order chi connectivity index (χ1) is 10.3. The van der Waals surface area contributed by atoms with Gasteiger partial charge in [-0.15, -0.1) is 0 Å². The molecule has 1 aromatic rings. The first kappa shape index (κ1) is 14.7. The molecule has 0 bridgehead atoms. The topological polar surface area (TPSA) is 66.0 Å². The molecule has 3 heterocycles. The van der Waals surface area contributed by atoms with Crippen LogP contribution in [0.5, 0.6) is 0 Å². The van der Waals surface area contributed by atoms with Gasteiger partial charge in [0.2, 0.25) is 17.8 Å². The molecule has 7 heteroatoms. The van der Waals surface area contributed by atoms with Crippen molar-refractivity contribution in [1.82, 2.24) is 15.0 Å². The maximum absolute atomic E-state index is 4.63. The zero-order valence-electron chi connectivity index (χ0n) is 12.6. The van der Waals surface area contributed by atoms with Gasteiger partial charge in [-0.2, -0.15) is 26.7 Å². The Morgan fingerprint density at radius 3 is 2.71 bits per heavy atom. The number of nitrogens with zero attached hydrogens (tertiary/aromatic N) is 4. The summed E-state index contributed by atoms with van der Waals surface area (Å²) in [6, 6.07) is 0.489. The van der Waals surface area contributed by atoms with Crippen molar-refractivity contribution in [3.8, 4) is 0 Å². The lowest BCUT2D eigenvalue weighted by Gasteiger charge is -2.18. The van der Waals surface area contributed by atoms with Crippen LogP contribution in [0.4, 0.5) is 17.8 Å². The third-order valence-electron chi connectivity index (χ3n) is 3.81. The van der Waals surface area contributed by atoms with Crippen LogP contribution in [0.25, 0.3) is 0 Å². The molecule has 1 unspecified atom stereocenters. The largest absolute Gasteiger partial charge is 0.354 e. The standard InChI is InChI=1S/C14H24N6S/c1-2-6-15-12-17-13(16-11-5-9-21-10-11)19-14(18-12)20-7-3-4-8-20/h11H,2-10H2,1H3,(H2,15,16,17,18,19). The Morgan fingerprint density at radius 2 is 2.00 bits per heavy atom. The SMILES string of the molecule is CCCNc1nc(NC2CCSC2)nc(N2CCCC2)n1. The zero-order valence-corrected chi connectivity index (χ0v) is 13.5. The normalized spacial score (nSPS) is 21.8. The van der Waals surface area contributed by atoms with E-state index in [9.17, 15) is 0 Å². The van der Waals surface area contributed by atoms with Gasteiger partial charge in [-0.1, -0.05) is 6.92 Å². The highest BCUT2D eigenvalue weighted by molar-refractivity contribution is 7.99. The van der Waals surface area contributed by atoms with Crippen molar-refractivity contribution in [3.63, 3.8) is 0 Å². The molecule has 0 spiro atoms. The van der Waals surface area contributed by atoms with Crippen LogP contribution in [0, 0.1) is 0 Å². The molecule has 6 nitrogen and oxygen atoms in total. The van der Waals surface area contributed by atoms with E-state index >= 15 is 0 Å². The summed E-state index contributed by atoms with van der Waals surface area (Å²) in [6.07, 6.45) is 4.71. The van der Waals surface area contributed by atoms with E-state index in [1.54, 1.807) is 0 Å². The number of anilines is 3. The predicted octanol–water partition coefficient (Wildman–Crippen LogP) is 2.21. The molecule has 0 amide bonds. The Balaban J connectivity index is 1.77. The summed E-state index contributed by atoms with van der Waals surface area (Å²) in [5.74, 6) is 4.60. The number of rotatable bonds is 6. The molecule has 2 N–H and O–H groups in total. The van der Waals surface area contributed by atoms with Crippen LogP contribution in [0.3, 0.4) is 0 Å². The minimum absolute atomic E-state index is 0.489. The van der Waals surface area contributed by atoms with Gasteiger partial charge >= 0.3 is 0 Å². The van der Waals surface area contributed by atoms with Crippen LogP contribution in [0.1, 0.15) is 32.6 Å². The lowest BCUT2D eigenvalue weighted by atomic mass is 10.3. The second kappa shape index (κ2) is 7.15. The average Bonchev–Trinajstić information content (AvgIpc) is 3.18. The molecule has 3 rings (SSSR count). The summed E-state index contributed by atoms with van der Waals surface area (Å²) in [7, 11) is 0. The fourth-order valence-electron chi connectivity index (χ4n) is 2.63. The van der Waals surface area contributed by atoms with Crippen molar-refractivity contribution >= 4 is 29.6 Å². The summed E-state index contributed by atoms with van der Waals surface area (Å²) >= 11 is 1.99. The summed E-state index contributed by atoms with van der Waals surface area (Å²) in [6.45, 7) is 5.14. The van der Waals surface area contributed by atoms with E-state index in [-0.39, 0.29) is 0 Å². The van der Waals surface area contributed by atoms with Crippen molar-refractivity contribution in [3.05, 3.63) is 0 Å². The maximum atomic E-state index is 4.63. The fraction of sp³-hybridized carbons (Fsp3) is 0.786. The first-order valence-corrected chi connectivity index (χ1v) is 9.10. The molecule has 0 saturated carbocycles. The average molecular weight is 308 g/mol. The molecule has 21 heavy (non-hydrogen) atoms. The van der Waals surface area contributed by atoms with Gasteiger partial charge < -0.3 is 15.5 Å². The van der Waals surface area contributed by atoms with Gasteiger partial charge in [0.1, 0.15) is 0 Å². The molecule has 0 aliphatic carbocycles. The molecule has 0 radical (unpaired) electrons. The summed E-state index contributed by atoms with van der Waals surface area (Å²) in [5, 5.41) is 6.76. The van der Waals surface area contributed by atoms with E-state index < -0.39 is 0 Å². The van der Waals surface area contributed by atoms with E-state index in [2.05, 4.69) is 37.4 Å². The molecule has 2 aliphatic heterocycles. The van der Waals surface area contributed by atoms with E-state index in [0.717, 1.165) is 43.7 Å². The smallest absolute Gasteiger partial charge is 0.231 e. The Morgan fingerprint density at radius 1 is 1.19 bits per heavy atom. The summed E-state index contributed by atoms with van der Waals surface area (Å²) in [5.41, 5.74) is 0. The van der Waals surface area contributed by atoms with Gasteiger partial charge in [-0.25, -0.2) is 0 Å². The minimum Gasteiger partial charge on any atom is -0.354 e. The van der Waals surface area contributed by atoms with Gasteiger partial charge in [0.25, 0.3) is 0 Å². The van der Waals surface area contributed by atoms with E-state index in [4.69, 9.17) is 0 Å². The first-order valence-electron chi connectivity index (χ1n) is 7.94. The molecule has 2 saturated heterocycles. The molecular weight excluding hydrogens is 284 g/mol. The predicted molar refractivity (Wildman–Crippen MR) is 89.4 cm³/mol. The Labute approximate surface area is 130 Å². The minimum atomic E-state index is 0.489. The van der Waals surface area contributed by atoms with Crippen molar-refractivity contribution < 1.29 is 0 Å². The van der Waals surface area contributed by atoms with Gasteiger partial charge in [0.05, 0.1) is 0 Å². The molecule has 116 valence electrons. The van der Waals surface area contributed by atoms with Crippen LogP contribution in [-0.4, -0.2) is 52.1 Å². The highest BCUT2D eigenvalue weighted by Crippen LogP contribution is 2.22. The number of hydrogen-bond donors (Lipinski definition) is 2. The number of aromatic nitrogens is 3. The molecule has 0 aromatic carbocycles. The van der Waals surface area contributed by atoms with Crippen LogP contribution < -0.4 is 15.5 Å². The maximum Gasteiger partial charge on any atom is 0.231 e. The second-order valence-electron chi connectivity index (χ2n) is 5.61. The van der Waals surface area contributed by atoms with Gasteiger partial charge in [0, 0.05) is 31.4 Å². The van der Waals surface area contributed by atoms with Crippen LogP contribution >= 0.6 is 11.8 Å². The van der Waals surface area contributed by atoms with E-state index in [1.165, 1.54) is 25.0 Å². The quantitative estimate of drug-likeness (QED) is 0.835. The van der Waals surface area contributed by atoms with Crippen LogP contribution in [0.15, 0.2) is 0 Å². The molecule has 1 aromatic heterocycles. The molecule has 1 atom stereocenters. The van der Waals surface area contributed by atoms with Crippen molar-refractivity contribution in [1.29, 1.82) is 0 Å². The zero-order chi connectivity index (χ0) is 14.5. The Kier molecular flexibility index (Phi) is 5.00. The Bertz CT molecular complexity index is 457. The number of hydrogen-bond acceptors (Lipinski definition) is 7. The fourth-order valence-corrected chi connectivity index (χ4v) is 3.79. The van der Waals surface area contributed by atoms with Gasteiger partial charge in [-0.05, 0) is 31.4 Å². The van der Waals surface area contributed by atoms with Gasteiger partial charge in [0.15, 0.2) is 0 Å². The Hall–Kier alpha value is -1.24. The van der Waals surface area contributed by atoms with Gasteiger partial charge in [-0.3, -0.25) is 0 Å². The van der Waals surface area contributed by atoms with Crippen molar-refractivity contribution in [2.24, 2.45) is 0 Å². The summed E-state index contributed by atoms with van der Waals surface area (Å²) in [4.78, 5) is 16.0. The highest BCUT2D eigenvalue weighted by atomic mass is 32.2. The van der Waals surface area contributed by atoms with Crippen LogP contribution in [-0.2, 0) is 0 Å². The molecular formula is C14H24N6S. The third kappa shape index (κ3) is 3.90. The van der Waals surface area contributed by atoms with E-state index in [0.29, 0.717) is 12.0 Å². The van der Waals surface area contributed by atoms with Crippen molar-refractivity contribution in [2.75, 3.05) is 46.7 Å². The lowest BCUT2D eigenvalue weighted by molar-refractivity contribution is 0.788. The highest BCUT2D eigenvalue weighted by Gasteiger charge is 2.20. The molecule has 2 aliphatic rings. The van der Waals surface area contributed by atoms with E-state index in [1.807, 2.05) is 11.8 Å². The second-order valence-corrected chi connectivity index (χ2v) is 6.76. The number of nitrogens with one attached hydrogen (secondary N) is 2. The van der Waals surface area contributed by atoms with Crippen molar-refractivity contribution in [2.45, 2.75) is 38.6 Å². The monoisotopic (exact) mass is 308 g/mol. The summed E-state index contributed by atoms with van der Waals surface area (Å²) < 4.78 is 0. The van der Waals surface area contributed by atoms with Crippen LogP contribution in [0.2, 0.25) is 0 Å². The third-order valence-corrected chi connectivity index (χ3v) is 4.97. The molecule has 2 fully saturated rings. The lowest BCUT2D eigenvalue weighted by Crippen LogP contribution is -2.25.